The zero-order valence-corrected chi connectivity index (χ0v) is 11.9. The van der Waals surface area contributed by atoms with Crippen molar-refractivity contribution >= 4 is 27.7 Å². The number of carbonyl (C=O) groups excluding carboxylic acids is 1. The maximum Gasteiger partial charge on any atom is 0.221 e. The summed E-state index contributed by atoms with van der Waals surface area (Å²) < 4.78 is 0. The molecule has 2 heterocycles. The van der Waals surface area contributed by atoms with Crippen molar-refractivity contribution in [3.05, 3.63) is 24.4 Å². The van der Waals surface area contributed by atoms with Crippen LogP contribution in [0.4, 0.5) is 5.82 Å². The first-order valence-corrected chi connectivity index (χ1v) is 7.43. The van der Waals surface area contributed by atoms with Crippen LogP contribution in [0.15, 0.2) is 24.4 Å². The van der Waals surface area contributed by atoms with Crippen molar-refractivity contribution in [2.24, 2.45) is 0 Å². The molecule has 1 aliphatic heterocycles. The molecule has 1 amide bonds. The second-order valence-corrected chi connectivity index (χ2v) is 5.25. The Hall–Kier alpha value is -1.10. The van der Waals surface area contributed by atoms with E-state index < -0.39 is 0 Å². The molecule has 0 atom stereocenters. The molecular weight excluding hydrogens is 294 g/mol. The summed E-state index contributed by atoms with van der Waals surface area (Å²) in [4.78, 5) is 18.1. The molecule has 5 heteroatoms. The summed E-state index contributed by atoms with van der Waals surface area (Å²) in [5.74, 6) is 1.17. The van der Waals surface area contributed by atoms with Gasteiger partial charge in [-0.15, -0.1) is 0 Å². The number of nitrogens with zero attached hydrogens (tertiary/aromatic N) is 2. The summed E-state index contributed by atoms with van der Waals surface area (Å²) in [6.45, 7) is 1.91. The van der Waals surface area contributed by atoms with Crippen molar-refractivity contribution in [2.45, 2.75) is 25.3 Å². The summed E-state index contributed by atoms with van der Waals surface area (Å²) in [5, 5.41) is 3.80. The average molecular weight is 312 g/mol. The predicted molar refractivity (Wildman–Crippen MR) is 76.0 cm³/mol. The molecular formula is C13H18BrN3O. The van der Waals surface area contributed by atoms with Crippen LogP contribution in [-0.4, -0.2) is 35.4 Å². The Morgan fingerprint density at radius 2 is 2.22 bits per heavy atom. The molecule has 4 nitrogen and oxygen atoms in total. The third kappa shape index (κ3) is 3.70. The van der Waals surface area contributed by atoms with Crippen molar-refractivity contribution in [1.29, 1.82) is 0 Å². The number of aromatic nitrogens is 1. The van der Waals surface area contributed by atoms with Gasteiger partial charge in [-0.1, -0.05) is 22.0 Å². The van der Waals surface area contributed by atoms with Gasteiger partial charge in [-0.05, 0) is 25.0 Å². The van der Waals surface area contributed by atoms with Crippen LogP contribution in [0.5, 0.6) is 0 Å². The van der Waals surface area contributed by atoms with E-state index in [1.54, 1.807) is 0 Å². The van der Waals surface area contributed by atoms with Crippen molar-refractivity contribution in [3.63, 3.8) is 0 Å². The number of pyridine rings is 1. The molecule has 2 rings (SSSR count). The van der Waals surface area contributed by atoms with E-state index in [4.69, 9.17) is 0 Å². The van der Waals surface area contributed by atoms with Gasteiger partial charge >= 0.3 is 0 Å². The van der Waals surface area contributed by atoms with Crippen molar-refractivity contribution in [3.8, 4) is 0 Å². The highest BCUT2D eigenvalue weighted by Gasteiger charge is 2.20. The molecule has 1 N–H and O–H groups in total. The monoisotopic (exact) mass is 311 g/mol. The average Bonchev–Trinajstić information content (AvgIpc) is 2.41. The van der Waals surface area contributed by atoms with Gasteiger partial charge in [0.05, 0.1) is 0 Å². The van der Waals surface area contributed by atoms with E-state index in [-0.39, 0.29) is 5.91 Å². The number of halogens is 1. The Balaban J connectivity index is 1.80. The number of nitrogens with one attached hydrogen (secondary N) is 1. The molecule has 0 bridgehead atoms. The van der Waals surface area contributed by atoms with Crippen LogP contribution < -0.4 is 10.2 Å². The minimum absolute atomic E-state index is 0.142. The third-order valence-corrected chi connectivity index (χ3v) is 3.55. The SMILES string of the molecule is O=C(CCBr)NC1CCN(c2ccccn2)CC1. The lowest BCUT2D eigenvalue weighted by Gasteiger charge is -2.33. The fraction of sp³-hybridized carbons (Fsp3) is 0.538. The summed E-state index contributed by atoms with van der Waals surface area (Å²) in [6, 6.07) is 6.28. The Morgan fingerprint density at radius 3 is 2.83 bits per heavy atom. The van der Waals surface area contributed by atoms with E-state index in [9.17, 15) is 4.79 Å². The van der Waals surface area contributed by atoms with Gasteiger partial charge in [0.25, 0.3) is 0 Å². The normalized spacial score (nSPS) is 16.6. The number of amides is 1. The standard InChI is InChI=1S/C13H18BrN3O/c14-7-4-13(18)16-11-5-9-17(10-6-11)12-3-1-2-8-15-12/h1-3,8,11H,4-7,9-10H2,(H,16,18). The molecule has 0 aromatic carbocycles. The summed E-state index contributed by atoms with van der Waals surface area (Å²) in [5.41, 5.74) is 0. The van der Waals surface area contributed by atoms with Gasteiger partial charge in [-0.3, -0.25) is 4.79 Å². The molecule has 98 valence electrons. The maximum atomic E-state index is 11.5. The highest BCUT2D eigenvalue weighted by Crippen LogP contribution is 2.17. The second-order valence-electron chi connectivity index (χ2n) is 4.46. The van der Waals surface area contributed by atoms with Crippen LogP contribution in [0.25, 0.3) is 0 Å². The number of hydrogen-bond donors (Lipinski definition) is 1. The Morgan fingerprint density at radius 1 is 1.44 bits per heavy atom. The number of carbonyl (C=O) groups is 1. The molecule has 0 spiro atoms. The van der Waals surface area contributed by atoms with Gasteiger partial charge in [-0.25, -0.2) is 4.98 Å². The molecule has 1 aromatic heterocycles. The van der Waals surface area contributed by atoms with Gasteiger partial charge in [0.1, 0.15) is 5.82 Å². The van der Waals surface area contributed by atoms with Gasteiger partial charge in [0, 0.05) is 37.1 Å². The van der Waals surface area contributed by atoms with Crippen LogP contribution in [0.2, 0.25) is 0 Å². The number of rotatable bonds is 4. The van der Waals surface area contributed by atoms with Gasteiger partial charge in [-0.2, -0.15) is 0 Å². The molecule has 0 saturated carbocycles. The first-order chi connectivity index (χ1) is 8.79. The summed E-state index contributed by atoms with van der Waals surface area (Å²) >= 11 is 3.28. The zero-order chi connectivity index (χ0) is 12.8. The zero-order valence-electron chi connectivity index (χ0n) is 10.3. The lowest BCUT2D eigenvalue weighted by molar-refractivity contribution is -0.121. The van der Waals surface area contributed by atoms with Crippen molar-refractivity contribution in [2.75, 3.05) is 23.3 Å². The van der Waals surface area contributed by atoms with E-state index >= 15 is 0 Å². The maximum absolute atomic E-state index is 11.5. The fourth-order valence-corrected chi connectivity index (χ4v) is 2.54. The molecule has 0 aliphatic carbocycles. The molecule has 1 aromatic rings. The van der Waals surface area contributed by atoms with Crippen LogP contribution in [-0.2, 0) is 4.79 Å². The smallest absolute Gasteiger partial charge is 0.221 e. The molecule has 0 radical (unpaired) electrons. The lowest BCUT2D eigenvalue weighted by atomic mass is 10.0. The molecule has 1 aliphatic rings. The van der Waals surface area contributed by atoms with Gasteiger partial charge in [0.15, 0.2) is 0 Å². The first kappa shape index (κ1) is 13.3. The van der Waals surface area contributed by atoms with E-state index in [0.29, 0.717) is 12.5 Å². The second kappa shape index (κ2) is 6.73. The Labute approximate surface area is 116 Å². The highest BCUT2D eigenvalue weighted by molar-refractivity contribution is 9.09. The first-order valence-electron chi connectivity index (χ1n) is 6.31. The fourth-order valence-electron chi connectivity index (χ4n) is 2.18. The van der Waals surface area contributed by atoms with Crippen LogP contribution in [0, 0.1) is 0 Å². The minimum Gasteiger partial charge on any atom is -0.356 e. The van der Waals surface area contributed by atoms with E-state index in [2.05, 4.69) is 31.1 Å². The van der Waals surface area contributed by atoms with E-state index in [0.717, 1.165) is 37.1 Å². The molecule has 1 saturated heterocycles. The van der Waals surface area contributed by atoms with E-state index in [1.165, 1.54) is 0 Å². The number of piperidine rings is 1. The van der Waals surface area contributed by atoms with E-state index in [1.807, 2.05) is 24.4 Å². The number of alkyl halides is 1. The highest BCUT2D eigenvalue weighted by atomic mass is 79.9. The largest absolute Gasteiger partial charge is 0.356 e. The predicted octanol–water partition coefficient (Wildman–Crippen LogP) is 1.95. The van der Waals surface area contributed by atoms with Crippen LogP contribution >= 0.6 is 15.9 Å². The minimum atomic E-state index is 0.142. The number of anilines is 1. The van der Waals surface area contributed by atoms with Crippen molar-refractivity contribution in [1.82, 2.24) is 10.3 Å². The third-order valence-electron chi connectivity index (χ3n) is 3.15. The van der Waals surface area contributed by atoms with Crippen LogP contribution in [0.3, 0.4) is 0 Å². The summed E-state index contributed by atoms with van der Waals surface area (Å²) in [6.07, 6.45) is 4.36. The topological polar surface area (TPSA) is 45.2 Å². The summed E-state index contributed by atoms with van der Waals surface area (Å²) in [7, 11) is 0. The molecule has 18 heavy (non-hydrogen) atoms. The Bertz CT molecular complexity index is 377. The quantitative estimate of drug-likeness (QED) is 0.865. The lowest BCUT2D eigenvalue weighted by Crippen LogP contribution is -2.45. The molecule has 1 fully saturated rings. The van der Waals surface area contributed by atoms with Crippen molar-refractivity contribution < 1.29 is 4.79 Å². The van der Waals surface area contributed by atoms with Gasteiger partial charge < -0.3 is 10.2 Å². The van der Waals surface area contributed by atoms with Crippen LogP contribution in [0.1, 0.15) is 19.3 Å². The van der Waals surface area contributed by atoms with Gasteiger partial charge in [0.2, 0.25) is 5.91 Å². The number of hydrogen-bond acceptors (Lipinski definition) is 3. The molecule has 0 unspecified atom stereocenters. The Kier molecular flexibility index (Phi) is 4.99.